The third kappa shape index (κ3) is 5.59. The lowest BCUT2D eigenvalue weighted by Gasteiger charge is -2.23. The molecule has 0 radical (unpaired) electrons. The minimum Gasteiger partial charge on any atom is -0.460 e. The average molecular weight is 423 g/mol. The number of ether oxygens (including phenoxy) is 1. The van der Waals surface area contributed by atoms with Crippen molar-refractivity contribution < 1.29 is 9.53 Å². The summed E-state index contributed by atoms with van der Waals surface area (Å²) >= 11 is 0. The molecule has 1 aliphatic carbocycles. The second kappa shape index (κ2) is 7.84. The summed E-state index contributed by atoms with van der Waals surface area (Å²) in [4.78, 5) is 18.6. The SMILES string of the molecule is CN=C(NCC1CC1C)N1CCC(C(=O)OC(C)(C)C)C1.I. The average Bonchev–Trinajstić information content (AvgIpc) is 2.89. The summed E-state index contributed by atoms with van der Waals surface area (Å²) in [6.45, 7) is 10.6. The third-order valence-electron chi connectivity index (χ3n) is 4.24. The molecular weight excluding hydrogens is 393 g/mol. The maximum absolute atomic E-state index is 12.1. The van der Waals surface area contributed by atoms with Crippen molar-refractivity contribution in [2.45, 2.75) is 46.1 Å². The second-order valence-corrected chi connectivity index (χ2v) is 7.37. The molecule has 1 aliphatic heterocycles. The Bertz CT molecular complexity index is 420. The van der Waals surface area contributed by atoms with E-state index in [9.17, 15) is 4.79 Å². The van der Waals surface area contributed by atoms with Gasteiger partial charge in [0.1, 0.15) is 5.60 Å². The van der Waals surface area contributed by atoms with Gasteiger partial charge in [0.25, 0.3) is 0 Å². The molecule has 0 spiro atoms. The van der Waals surface area contributed by atoms with Crippen LogP contribution in [0.4, 0.5) is 0 Å². The van der Waals surface area contributed by atoms with E-state index < -0.39 is 5.60 Å². The van der Waals surface area contributed by atoms with Crippen LogP contribution < -0.4 is 5.32 Å². The molecule has 1 heterocycles. The zero-order valence-electron chi connectivity index (χ0n) is 14.4. The molecule has 1 saturated heterocycles. The van der Waals surface area contributed by atoms with Gasteiger partial charge in [0, 0.05) is 26.7 Å². The Labute approximate surface area is 151 Å². The molecule has 2 aliphatic rings. The number of rotatable bonds is 3. The molecular formula is C16H30IN3O2. The van der Waals surface area contributed by atoms with Crippen molar-refractivity contribution in [2.24, 2.45) is 22.7 Å². The summed E-state index contributed by atoms with van der Waals surface area (Å²) in [6, 6.07) is 0. The Morgan fingerprint density at radius 3 is 2.55 bits per heavy atom. The van der Waals surface area contributed by atoms with Gasteiger partial charge < -0.3 is 15.0 Å². The zero-order chi connectivity index (χ0) is 15.6. The summed E-state index contributed by atoms with van der Waals surface area (Å²) in [7, 11) is 1.81. The largest absolute Gasteiger partial charge is 0.460 e. The number of hydrogen-bond acceptors (Lipinski definition) is 3. The Morgan fingerprint density at radius 2 is 2.05 bits per heavy atom. The number of carbonyl (C=O) groups excluding carboxylic acids is 1. The molecule has 1 saturated carbocycles. The molecule has 5 nitrogen and oxygen atoms in total. The number of guanidine groups is 1. The Hall–Kier alpha value is -0.530. The number of halogens is 1. The molecule has 2 rings (SSSR count). The standard InChI is InChI=1S/C16H29N3O2.HI/c1-11-8-13(11)9-18-15(17-5)19-7-6-12(10-19)14(20)21-16(2,3)4;/h11-13H,6-10H2,1-5H3,(H,17,18);1H. The van der Waals surface area contributed by atoms with Crippen molar-refractivity contribution in [3.63, 3.8) is 0 Å². The molecule has 0 aromatic heterocycles. The highest BCUT2D eigenvalue weighted by Gasteiger charge is 2.35. The van der Waals surface area contributed by atoms with Gasteiger partial charge in [-0.25, -0.2) is 0 Å². The fraction of sp³-hybridized carbons (Fsp3) is 0.875. The van der Waals surface area contributed by atoms with E-state index in [1.54, 1.807) is 7.05 Å². The van der Waals surface area contributed by atoms with Crippen molar-refractivity contribution in [1.29, 1.82) is 0 Å². The highest BCUT2D eigenvalue weighted by Crippen LogP contribution is 2.36. The van der Waals surface area contributed by atoms with E-state index in [0.717, 1.165) is 37.3 Å². The van der Waals surface area contributed by atoms with Gasteiger partial charge in [-0.3, -0.25) is 9.79 Å². The quantitative estimate of drug-likeness (QED) is 0.328. The predicted octanol–water partition coefficient (Wildman–Crippen LogP) is 2.50. The fourth-order valence-corrected chi connectivity index (χ4v) is 2.77. The molecule has 0 aromatic carbocycles. The molecule has 3 atom stereocenters. The number of nitrogens with one attached hydrogen (secondary N) is 1. The number of esters is 1. The van der Waals surface area contributed by atoms with Crippen molar-refractivity contribution in [2.75, 3.05) is 26.7 Å². The van der Waals surface area contributed by atoms with E-state index in [1.165, 1.54) is 6.42 Å². The molecule has 1 N–H and O–H groups in total. The van der Waals surface area contributed by atoms with Crippen LogP contribution in [0.1, 0.15) is 40.5 Å². The Kier molecular flexibility index (Phi) is 6.95. The molecule has 128 valence electrons. The van der Waals surface area contributed by atoms with Crippen molar-refractivity contribution in [1.82, 2.24) is 10.2 Å². The van der Waals surface area contributed by atoms with Crippen LogP contribution >= 0.6 is 24.0 Å². The van der Waals surface area contributed by atoms with Crippen LogP contribution in [0.15, 0.2) is 4.99 Å². The molecule has 22 heavy (non-hydrogen) atoms. The second-order valence-electron chi connectivity index (χ2n) is 7.37. The summed E-state index contributed by atoms with van der Waals surface area (Å²) in [5, 5.41) is 3.44. The van der Waals surface area contributed by atoms with Crippen LogP contribution in [0.5, 0.6) is 0 Å². The van der Waals surface area contributed by atoms with Gasteiger partial charge >= 0.3 is 5.97 Å². The van der Waals surface area contributed by atoms with E-state index in [-0.39, 0.29) is 35.9 Å². The first-order chi connectivity index (χ1) is 9.80. The molecule has 0 amide bonds. The summed E-state index contributed by atoms with van der Waals surface area (Å²) in [6.07, 6.45) is 2.15. The monoisotopic (exact) mass is 423 g/mol. The zero-order valence-corrected chi connectivity index (χ0v) is 16.7. The van der Waals surface area contributed by atoms with Crippen LogP contribution in [0.25, 0.3) is 0 Å². The van der Waals surface area contributed by atoms with Gasteiger partial charge in [-0.1, -0.05) is 6.92 Å². The Balaban J connectivity index is 0.00000242. The maximum Gasteiger partial charge on any atom is 0.311 e. The van der Waals surface area contributed by atoms with Gasteiger partial charge in [-0.15, -0.1) is 24.0 Å². The fourth-order valence-electron chi connectivity index (χ4n) is 2.77. The van der Waals surface area contributed by atoms with E-state index in [1.807, 2.05) is 20.8 Å². The lowest BCUT2D eigenvalue weighted by molar-refractivity contribution is -0.159. The normalized spacial score (nSPS) is 28.1. The number of carbonyl (C=O) groups is 1. The van der Waals surface area contributed by atoms with E-state index in [2.05, 4.69) is 22.1 Å². The van der Waals surface area contributed by atoms with Crippen LogP contribution in [0, 0.1) is 17.8 Å². The molecule has 3 unspecified atom stereocenters. The molecule has 6 heteroatoms. The van der Waals surface area contributed by atoms with Crippen LogP contribution in [0.2, 0.25) is 0 Å². The summed E-state index contributed by atoms with van der Waals surface area (Å²) in [5.74, 6) is 2.41. The number of likely N-dealkylation sites (tertiary alicyclic amines) is 1. The first-order valence-corrected chi connectivity index (χ1v) is 7.98. The smallest absolute Gasteiger partial charge is 0.311 e. The lowest BCUT2D eigenvalue weighted by Crippen LogP contribution is -2.41. The first kappa shape index (κ1) is 19.5. The number of aliphatic imine (C=N–C) groups is 1. The summed E-state index contributed by atoms with van der Waals surface area (Å²) in [5.41, 5.74) is -0.410. The predicted molar refractivity (Wildman–Crippen MR) is 99.6 cm³/mol. The molecule has 2 fully saturated rings. The van der Waals surface area contributed by atoms with Gasteiger partial charge in [-0.2, -0.15) is 0 Å². The van der Waals surface area contributed by atoms with E-state index in [0.29, 0.717) is 6.54 Å². The van der Waals surface area contributed by atoms with Crippen molar-refractivity contribution in [3.8, 4) is 0 Å². The minimum absolute atomic E-state index is 0. The number of hydrogen-bond donors (Lipinski definition) is 1. The lowest BCUT2D eigenvalue weighted by atomic mass is 10.1. The van der Waals surface area contributed by atoms with Crippen LogP contribution in [-0.2, 0) is 9.53 Å². The first-order valence-electron chi connectivity index (χ1n) is 7.98. The van der Waals surface area contributed by atoms with Crippen LogP contribution in [0.3, 0.4) is 0 Å². The summed E-state index contributed by atoms with van der Waals surface area (Å²) < 4.78 is 5.48. The van der Waals surface area contributed by atoms with Gasteiger partial charge in [0.2, 0.25) is 0 Å². The van der Waals surface area contributed by atoms with Gasteiger partial charge in [-0.05, 0) is 45.4 Å². The van der Waals surface area contributed by atoms with E-state index in [4.69, 9.17) is 4.74 Å². The minimum atomic E-state index is -0.410. The van der Waals surface area contributed by atoms with Crippen LogP contribution in [-0.4, -0.2) is 49.1 Å². The number of nitrogens with zero attached hydrogens (tertiary/aromatic N) is 2. The maximum atomic E-state index is 12.1. The topological polar surface area (TPSA) is 53.9 Å². The molecule has 0 bridgehead atoms. The highest BCUT2D eigenvalue weighted by molar-refractivity contribution is 14.0. The van der Waals surface area contributed by atoms with Gasteiger partial charge in [0.15, 0.2) is 5.96 Å². The van der Waals surface area contributed by atoms with E-state index >= 15 is 0 Å². The highest BCUT2D eigenvalue weighted by atomic mass is 127. The third-order valence-corrected chi connectivity index (χ3v) is 4.24. The molecule has 0 aromatic rings. The van der Waals surface area contributed by atoms with Gasteiger partial charge in [0.05, 0.1) is 5.92 Å². The van der Waals surface area contributed by atoms with Crippen molar-refractivity contribution in [3.05, 3.63) is 0 Å². The van der Waals surface area contributed by atoms with Crippen molar-refractivity contribution >= 4 is 35.9 Å². The Morgan fingerprint density at radius 1 is 1.41 bits per heavy atom.